The number of hydrogen-bond donors (Lipinski definition) is 0. The van der Waals surface area contributed by atoms with Gasteiger partial charge in [0.2, 0.25) is 5.91 Å². The molecule has 0 saturated carbocycles. The molecule has 0 bridgehead atoms. The van der Waals surface area contributed by atoms with E-state index in [1.165, 1.54) is 6.07 Å². The normalized spacial score (nSPS) is 17.8. The molecule has 0 spiro atoms. The van der Waals surface area contributed by atoms with Crippen LogP contribution in [-0.4, -0.2) is 59.7 Å². The molecule has 3 amide bonds. The Bertz CT molecular complexity index is 1070. The lowest BCUT2D eigenvalue weighted by molar-refractivity contribution is -0.139. The molecule has 32 heavy (non-hydrogen) atoms. The summed E-state index contributed by atoms with van der Waals surface area (Å²) < 4.78 is 24.7. The molecular weight excluding hydrogens is 435 g/mol. The van der Waals surface area contributed by atoms with Gasteiger partial charge in [0.15, 0.2) is 0 Å². The van der Waals surface area contributed by atoms with Crippen LogP contribution in [0.15, 0.2) is 53.4 Å². The summed E-state index contributed by atoms with van der Waals surface area (Å²) >= 11 is 0.796. The minimum Gasteiger partial charge on any atom is -0.489 e. The summed E-state index contributed by atoms with van der Waals surface area (Å²) in [6, 6.07) is 13.3. The quantitative estimate of drug-likeness (QED) is 0.621. The summed E-state index contributed by atoms with van der Waals surface area (Å²) in [7, 11) is 0. The van der Waals surface area contributed by atoms with Gasteiger partial charge in [0.25, 0.3) is 11.1 Å². The zero-order valence-electron chi connectivity index (χ0n) is 17.2. The van der Waals surface area contributed by atoms with Crippen molar-refractivity contribution in [3.8, 4) is 5.75 Å². The van der Waals surface area contributed by atoms with E-state index < -0.39 is 11.1 Å². The van der Waals surface area contributed by atoms with Crippen LogP contribution in [0.1, 0.15) is 11.1 Å². The first-order valence-electron chi connectivity index (χ1n) is 10.1. The predicted molar refractivity (Wildman–Crippen MR) is 117 cm³/mol. The standard InChI is InChI=1S/C23H21FN2O5S/c24-19-7-2-1-5-17(19)15-31-18-6-3-4-16(12-18)13-20-22(28)26(23(29)32-20)14-21(27)25-8-10-30-11-9-25/h1-7,12-13H,8-11,14-15H2/b20-13+. The molecule has 4 rings (SSSR count). The van der Waals surface area contributed by atoms with Crippen LogP contribution in [0.25, 0.3) is 6.08 Å². The fourth-order valence-corrected chi connectivity index (χ4v) is 4.14. The van der Waals surface area contributed by atoms with Crippen molar-refractivity contribution in [1.29, 1.82) is 0 Å². The van der Waals surface area contributed by atoms with Crippen molar-refractivity contribution in [3.63, 3.8) is 0 Å². The lowest BCUT2D eigenvalue weighted by Gasteiger charge is -2.28. The summed E-state index contributed by atoms with van der Waals surface area (Å²) in [6.07, 6.45) is 1.58. The van der Waals surface area contributed by atoms with Crippen LogP contribution < -0.4 is 4.74 Å². The summed E-state index contributed by atoms with van der Waals surface area (Å²) in [5.41, 5.74) is 1.09. The second-order valence-electron chi connectivity index (χ2n) is 7.21. The average Bonchev–Trinajstić information content (AvgIpc) is 3.06. The largest absolute Gasteiger partial charge is 0.489 e. The Kier molecular flexibility index (Phi) is 6.87. The molecule has 0 aliphatic carbocycles. The molecule has 166 valence electrons. The number of imide groups is 1. The number of benzene rings is 2. The molecule has 2 fully saturated rings. The number of amides is 3. The first-order chi connectivity index (χ1) is 15.5. The van der Waals surface area contributed by atoms with Crippen molar-refractivity contribution in [2.45, 2.75) is 6.61 Å². The smallest absolute Gasteiger partial charge is 0.294 e. The van der Waals surface area contributed by atoms with Gasteiger partial charge in [-0.15, -0.1) is 0 Å². The van der Waals surface area contributed by atoms with Crippen LogP contribution in [0.5, 0.6) is 5.75 Å². The molecule has 2 aliphatic rings. The molecule has 0 N–H and O–H groups in total. The number of rotatable bonds is 6. The Morgan fingerprint density at radius 2 is 1.91 bits per heavy atom. The number of carbonyl (C=O) groups excluding carboxylic acids is 3. The maximum atomic E-state index is 13.8. The molecular formula is C23H21FN2O5S. The maximum absolute atomic E-state index is 13.8. The van der Waals surface area contributed by atoms with Gasteiger partial charge in [-0.25, -0.2) is 4.39 Å². The van der Waals surface area contributed by atoms with Crippen LogP contribution >= 0.6 is 11.8 Å². The van der Waals surface area contributed by atoms with Crippen molar-refractivity contribution in [3.05, 3.63) is 70.4 Å². The Morgan fingerprint density at radius 1 is 1.12 bits per heavy atom. The third-order valence-electron chi connectivity index (χ3n) is 5.04. The van der Waals surface area contributed by atoms with Gasteiger partial charge in [0.05, 0.1) is 18.1 Å². The first-order valence-corrected chi connectivity index (χ1v) is 10.9. The predicted octanol–water partition coefficient (Wildman–Crippen LogP) is 3.30. The number of morpholine rings is 1. The van der Waals surface area contributed by atoms with E-state index in [0.29, 0.717) is 43.2 Å². The molecule has 2 heterocycles. The van der Waals surface area contributed by atoms with Crippen LogP contribution in [0.4, 0.5) is 9.18 Å². The van der Waals surface area contributed by atoms with E-state index in [9.17, 15) is 18.8 Å². The highest BCUT2D eigenvalue weighted by Crippen LogP contribution is 2.32. The zero-order chi connectivity index (χ0) is 22.5. The molecule has 0 unspecified atom stereocenters. The average molecular weight is 456 g/mol. The van der Waals surface area contributed by atoms with Crippen LogP contribution in [-0.2, 0) is 20.9 Å². The highest BCUT2D eigenvalue weighted by molar-refractivity contribution is 8.18. The third kappa shape index (κ3) is 5.17. The van der Waals surface area contributed by atoms with Gasteiger partial charge in [0, 0.05) is 18.7 Å². The number of halogens is 1. The topological polar surface area (TPSA) is 76.2 Å². The highest BCUT2D eigenvalue weighted by Gasteiger charge is 2.37. The SMILES string of the molecule is O=C(CN1C(=O)S/C(=C/c2cccc(OCc3ccccc3F)c2)C1=O)N1CCOCC1. The molecule has 0 atom stereocenters. The Hall–Kier alpha value is -3.17. The number of carbonyl (C=O) groups is 3. The summed E-state index contributed by atoms with van der Waals surface area (Å²) in [5.74, 6) is -0.618. The lowest BCUT2D eigenvalue weighted by Crippen LogP contribution is -2.46. The fraction of sp³-hybridized carbons (Fsp3) is 0.261. The Balaban J connectivity index is 1.41. The van der Waals surface area contributed by atoms with Crippen LogP contribution in [0, 0.1) is 5.82 Å². The van der Waals surface area contributed by atoms with Crippen molar-refractivity contribution in [2.75, 3.05) is 32.8 Å². The molecule has 2 aliphatic heterocycles. The van der Waals surface area contributed by atoms with Gasteiger partial charge in [-0.05, 0) is 41.6 Å². The van der Waals surface area contributed by atoms with Gasteiger partial charge in [-0.3, -0.25) is 19.3 Å². The molecule has 2 saturated heterocycles. The maximum Gasteiger partial charge on any atom is 0.294 e. The number of hydrogen-bond acceptors (Lipinski definition) is 6. The minimum absolute atomic E-state index is 0.0658. The summed E-state index contributed by atoms with van der Waals surface area (Å²) in [6.45, 7) is 1.57. The zero-order valence-corrected chi connectivity index (χ0v) is 18.0. The minimum atomic E-state index is -0.501. The lowest BCUT2D eigenvalue weighted by atomic mass is 10.2. The molecule has 0 aromatic heterocycles. The fourth-order valence-electron chi connectivity index (χ4n) is 3.31. The van der Waals surface area contributed by atoms with Gasteiger partial charge in [-0.2, -0.15) is 0 Å². The molecule has 9 heteroatoms. The molecule has 2 aromatic carbocycles. The molecule has 0 radical (unpaired) electrons. The van der Waals surface area contributed by atoms with Gasteiger partial charge in [-0.1, -0.05) is 30.3 Å². The summed E-state index contributed by atoms with van der Waals surface area (Å²) in [5, 5.41) is -0.477. The van der Waals surface area contributed by atoms with Gasteiger partial charge in [0.1, 0.15) is 24.7 Å². The van der Waals surface area contributed by atoms with Crippen LogP contribution in [0.3, 0.4) is 0 Å². The Labute approximate surface area is 188 Å². The van der Waals surface area contributed by atoms with Crippen molar-refractivity contribution >= 4 is 34.9 Å². The summed E-state index contributed by atoms with van der Waals surface area (Å²) in [4.78, 5) is 40.3. The number of ether oxygens (including phenoxy) is 2. The van der Waals surface area contributed by atoms with E-state index in [4.69, 9.17) is 9.47 Å². The Morgan fingerprint density at radius 3 is 2.69 bits per heavy atom. The second kappa shape index (κ2) is 9.97. The van der Waals surface area contributed by atoms with Crippen molar-refractivity contribution in [2.24, 2.45) is 0 Å². The van der Waals surface area contributed by atoms with E-state index in [-0.39, 0.29) is 29.8 Å². The number of thioether (sulfide) groups is 1. The second-order valence-corrected chi connectivity index (χ2v) is 8.21. The molecule has 2 aromatic rings. The molecule has 7 nitrogen and oxygen atoms in total. The van der Waals surface area contributed by atoms with Crippen LogP contribution in [0.2, 0.25) is 0 Å². The van der Waals surface area contributed by atoms with E-state index in [1.54, 1.807) is 53.4 Å². The van der Waals surface area contributed by atoms with Gasteiger partial charge >= 0.3 is 0 Å². The van der Waals surface area contributed by atoms with E-state index in [0.717, 1.165) is 16.7 Å². The van der Waals surface area contributed by atoms with Crippen molar-refractivity contribution in [1.82, 2.24) is 9.80 Å². The van der Waals surface area contributed by atoms with Crippen molar-refractivity contribution < 1.29 is 28.2 Å². The van der Waals surface area contributed by atoms with Gasteiger partial charge < -0.3 is 14.4 Å². The van der Waals surface area contributed by atoms with E-state index in [2.05, 4.69) is 0 Å². The van der Waals surface area contributed by atoms with E-state index >= 15 is 0 Å². The highest BCUT2D eigenvalue weighted by atomic mass is 32.2. The number of nitrogens with zero attached hydrogens (tertiary/aromatic N) is 2. The monoisotopic (exact) mass is 456 g/mol. The first kappa shape index (κ1) is 22.0. The third-order valence-corrected chi connectivity index (χ3v) is 5.95. The van der Waals surface area contributed by atoms with E-state index in [1.807, 2.05) is 0 Å².